The Bertz CT molecular complexity index is 1090. The highest BCUT2D eigenvalue weighted by molar-refractivity contribution is 7.71. The van der Waals surface area contributed by atoms with Crippen molar-refractivity contribution in [1.29, 1.82) is 0 Å². The van der Waals surface area contributed by atoms with Crippen molar-refractivity contribution in [2.45, 2.75) is 25.7 Å². The molecule has 122 valence electrons. The second-order valence-corrected chi connectivity index (χ2v) is 7.67. The summed E-state index contributed by atoms with van der Waals surface area (Å²) >= 11 is 13.0. The van der Waals surface area contributed by atoms with Crippen LogP contribution in [0, 0.1) is 4.77 Å². The van der Waals surface area contributed by atoms with Crippen molar-refractivity contribution in [2.24, 2.45) is 0 Å². The van der Waals surface area contributed by atoms with E-state index < -0.39 is 5.91 Å². The first-order valence-corrected chi connectivity index (χ1v) is 9.27. The van der Waals surface area contributed by atoms with E-state index in [0.29, 0.717) is 10.4 Å². The SMILES string of the molecule is O=C(c1ccccc1Cl)n1c(=S)[nH]c2sc3c(c2c1=O)CCCC3. The fourth-order valence-corrected chi connectivity index (χ4v) is 5.01. The Hall–Kier alpha value is -1.76. The summed E-state index contributed by atoms with van der Waals surface area (Å²) in [5, 5.41) is 0.903. The summed E-state index contributed by atoms with van der Waals surface area (Å²) in [6.07, 6.45) is 4.04. The van der Waals surface area contributed by atoms with Crippen LogP contribution in [0.2, 0.25) is 5.02 Å². The van der Waals surface area contributed by atoms with Crippen LogP contribution >= 0.6 is 35.2 Å². The molecule has 7 heteroatoms. The minimum atomic E-state index is -0.496. The summed E-state index contributed by atoms with van der Waals surface area (Å²) in [4.78, 5) is 30.9. The van der Waals surface area contributed by atoms with E-state index in [1.54, 1.807) is 35.6 Å². The van der Waals surface area contributed by atoms with Crippen molar-refractivity contribution in [3.8, 4) is 0 Å². The fraction of sp³-hybridized carbons (Fsp3) is 0.235. The maximum absolute atomic E-state index is 13.0. The average Bonchev–Trinajstić information content (AvgIpc) is 2.93. The van der Waals surface area contributed by atoms with Crippen molar-refractivity contribution in [1.82, 2.24) is 9.55 Å². The molecule has 1 aliphatic carbocycles. The zero-order valence-corrected chi connectivity index (χ0v) is 15.0. The van der Waals surface area contributed by atoms with Gasteiger partial charge in [-0.3, -0.25) is 9.59 Å². The van der Waals surface area contributed by atoms with Crippen LogP contribution in [0.25, 0.3) is 10.2 Å². The predicted molar refractivity (Wildman–Crippen MR) is 99.1 cm³/mol. The number of benzene rings is 1. The molecular formula is C17H13ClN2O2S2. The molecule has 0 fully saturated rings. The first-order valence-electron chi connectivity index (χ1n) is 7.66. The summed E-state index contributed by atoms with van der Waals surface area (Å²) in [7, 11) is 0. The summed E-state index contributed by atoms with van der Waals surface area (Å²) in [6.45, 7) is 0. The predicted octanol–water partition coefficient (Wildman–Crippen LogP) is 4.34. The van der Waals surface area contributed by atoms with Crippen molar-refractivity contribution in [3.05, 3.63) is 60.4 Å². The number of aryl methyl sites for hydroxylation is 2. The molecule has 4 nitrogen and oxygen atoms in total. The number of rotatable bonds is 1. The molecule has 0 saturated heterocycles. The molecule has 4 rings (SSSR count). The van der Waals surface area contributed by atoms with Crippen molar-refractivity contribution in [3.63, 3.8) is 0 Å². The number of fused-ring (bicyclic) bond motifs is 3. The maximum Gasteiger partial charge on any atom is 0.270 e. The van der Waals surface area contributed by atoms with E-state index >= 15 is 0 Å². The molecule has 0 amide bonds. The van der Waals surface area contributed by atoms with Crippen molar-refractivity contribution in [2.75, 3.05) is 0 Å². The van der Waals surface area contributed by atoms with Crippen LogP contribution in [-0.2, 0) is 12.8 Å². The van der Waals surface area contributed by atoms with Gasteiger partial charge in [-0.15, -0.1) is 11.3 Å². The second kappa shape index (κ2) is 5.95. The van der Waals surface area contributed by atoms with Gasteiger partial charge in [0.05, 0.1) is 16.0 Å². The number of H-pyrrole nitrogens is 1. The third-order valence-corrected chi connectivity index (χ3v) is 6.14. The van der Waals surface area contributed by atoms with E-state index in [-0.39, 0.29) is 15.9 Å². The van der Waals surface area contributed by atoms with Gasteiger partial charge < -0.3 is 4.98 Å². The van der Waals surface area contributed by atoms with E-state index in [2.05, 4.69) is 4.98 Å². The third kappa shape index (κ3) is 2.37. The van der Waals surface area contributed by atoms with Gasteiger partial charge in [0, 0.05) is 4.88 Å². The van der Waals surface area contributed by atoms with Gasteiger partial charge in [-0.1, -0.05) is 23.7 Å². The average molecular weight is 377 g/mol. The van der Waals surface area contributed by atoms with Gasteiger partial charge in [-0.2, -0.15) is 0 Å². The van der Waals surface area contributed by atoms with Gasteiger partial charge in [0.2, 0.25) is 0 Å². The van der Waals surface area contributed by atoms with E-state index in [1.807, 2.05) is 0 Å². The van der Waals surface area contributed by atoms with Gasteiger partial charge in [-0.05, 0) is 55.6 Å². The van der Waals surface area contributed by atoms with E-state index in [1.165, 1.54) is 4.88 Å². The van der Waals surface area contributed by atoms with Crippen LogP contribution in [0.3, 0.4) is 0 Å². The van der Waals surface area contributed by atoms with E-state index in [4.69, 9.17) is 23.8 Å². The van der Waals surface area contributed by atoms with Crippen molar-refractivity contribution < 1.29 is 4.79 Å². The Morgan fingerprint density at radius 1 is 1.25 bits per heavy atom. The highest BCUT2D eigenvalue weighted by Crippen LogP contribution is 2.33. The molecule has 2 heterocycles. The summed E-state index contributed by atoms with van der Waals surface area (Å²) in [6, 6.07) is 6.67. The first-order chi connectivity index (χ1) is 11.6. The number of aromatic nitrogens is 2. The topological polar surface area (TPSA) is 54.9 Å². The number of hydrogen-bond donors (Lipinski definition) is 1. The molecule has 0 saturated carbocycles. The number of nitrogens with one attached hydrogen (secondary N) is 1. The Morgan fingerprint density at radius 2 is 2.00 bits per heavy atom. The van der Waals surface area contributed by atoms with Crippen LogP contribution in [-0.4, -0.2) is 15.5 Å². The van der Waals surface area contributed by atoms with E-state index in [9.17, 15) is 9.59 Å². The van der Waals surface area contributed by atoms with Crippen LogP contribution in [0.5, 0.6) is 0 Å². The van der Waals surface area contributed by atoms with Crippen LogP contribution in [0.4, 0.5) is 0 Å². The van der Waals surface area contributed by atoms with Gasteiger partial charge in [0.1, 0.15) is 4.83 Å². The van der Waals surface area contributed by atoms with E-state index in [0.717, 1.165) is 40.6 Å². The van der Waals surface area contributed by atoms with Gasteiger partial charge in [0.15, 0.2) is 4.77 Å². The van der Waals surface area contributed by atoms with Gasteiger partial charge in [0.25, 0.3) is 11.5 Å². The Balaban J connectivity index is 2.00. The lowest BCUT2D eigenvalue weighted by molar-refractivity contribution is 0.0954. The number of carbonyl (C=O) groups is 1. The standard InChI is InChI=1S/C17H13ClN2O2S2/c18-11-7-3-1-5-9(11)15(21)20-16(22)13-10-6-2-4-8-12(10)24-14(13)19-17(20)23/h1,3,5,7H,2,4,6,8H2,(H,19,23). The second-order valence-electron chi connectivity index (χ2n) is 5.77. The van der Waals surface area contributed by atoms with Crippen LogP contribution in [0.15, 0.2) is 29.1 Å². The fourth-order valence-electron chi connectivity index (χ4n) is 3.18. The molecule has 0 radical (unpaired) electrons. The van der Waals surface area contributed by atoms with Gasteiger partial charge >= 0.3 is 0 Å². The molecule has 2 aromatic heterocycles. The maximum atomic E-state index is 13.0. The number of hydrogen-bond acceptors (Lipinski definition) is 4. The molecule has 1 aromatic carbocycles. The lowest BCUT2D eigenvalue weighted by atomic mass is 9.97. The molecule has 0 unspecified atom stereocenters. The monoisotopic (exact) mass is 376 g/mol. The molecule has 0 spiro atoms. The first kappa shape index (κ1) is 15.7. The summed E-state index contributed by atoms with van der Waals surface area (Å²) in [5.41, 5.74) is 0.987. The molecule has 0 bridgehead atoms. The third-order valence-electron chi connectivity index (χ3n) is 4.32. The summed E-state index contributed by atoms with van der Waals surface area (Å²) < 4.78 is 1.14. The minimum Gasteiger partial charge on any atom is -0.323 e. The number of nitrogens with zero attached hydrogens (tertiary/aromatic N) is 1. The molecular weight excluding hydrogens is 364 g/mol. The molecule has 3 aromatic rings. The smallest absolute Gasteiger partial charge is 0.270 e. The van der Waals surface area contributed by atoms with Crippen LogP contribution < -0.4 is 5.56 Å². The lowest BCUT2D eigenvalue weighted by Crippen LogP contribution is -2.29. The quantitative estimate of drug-likeness (QED) is 0.643. The molecule has 0 atom stereocenters. The zero-order chi connectivity index (χ0) is 16.8. The molecule has 24 heavy (non-hydrogen) atoms. The number of thiophene rings is 1. The van der Waals surface area contributed by atoms with Crippen LogP contribution in [0.1, 0.15) is 33.6 Å². The number of carbonyl (C=O) groups excluding carboxylic acids is 1. The molecule has 1 aliphatic rings. The number of aromatic amines is 1. The summed E-state index contributed by atoms with van der Waals surface area (Å²) in [5.74, 6) is -0.496. The largest absolute Gasteiger partial charge is 0.323 e. The normalized spacial score (nSPS) is 13.9. The lowest BCUT2D eigenvalue weighted by Gasteiger charge is -2.10. The highest BCUT2D eigenvalue weighted by atomic mass is 35.5. The highest BCUT2D eigenvalue weighted by Gasteiger charge is 2.23. The Kier molecular flexibility index (Phi) is 3.90. The van der Waals surface area contributed by atoms with Gasteiger partial charge in [-0.25, -0.2) is 4.57 Å². The zero-order valence-electron chi connectivity index (χ0n) is 12.6. The molecule has 1 N–H and O–H groups in total. The minimum absolute atomic E-state index is 0.107. The molecule has 0 aliphatic heterocycles. The number of halogens is 1. The Morgan fingerprint density at radius 3 is 2.79 bits per heavy atom. The van der Waals surface area contributed by atoms with Crippen molar-refractivity contribution >= 4 is 51.3 Å². The Labute approximate surface area is 151 Å².